The molecule has 1 heterocycles. The molecule has 0 aliphatic carbocycles. The van der Waals surface area contributed by atoms with E-state index in [1.165, 1.54) is 12.1 Å². The van der Waals surface area contributed by atoms with Crippen molar-refractivity contribution in [3.05, 3.63) is 64.7 Å². The van der Waals surface area contributed by atoms with Gasteiger partial charge in [-0.2, -0.15) is 13.2 Å². The van der Waals surface area contributed by atoms with E-state index >= 15 is 0 Å². The van der Waals surface area contributed by atoms with Crippen LogP contribution in [0.1, 0.15) is 31.8 Å². The maximum Gasteiger partial charge on any atom is 0.418 e. The van der Waals surface area contributed by atoms with Crippen LogP contribution < -0.4 is 4.90 Å². The fourth-order valence-corrected chi connectivity index (χ4v) is 3.39. The van der Waals surface area contributed by atoms with Crippen LogP contribution in [0.25, 0.3) is 0 Å². The van der Waals surface area contributed by atoms with E-state index < -0.39 is 17.7 Å². The van der Waals surface area contributed by atoms with Crippen molar-refractivity contribution in [3.8, 4) is 0 Å². The molecule has 3 rings (SSSR count). The SMILES string of the molecule is COC(=O)c1ccc(N2CCN(C(=O)c3cccc(C)c3)CC2)c(C(F)(F)F)c1. The van der Waals surface area contributed by atoms with Gasteiger partial charge in [0.1, 0.15) is 0 Å². The van der Waals surface area contributed by atoms with Gasteiger partial charge in [-0.25, -0.2) is 4.79 Å². The molecule has 1 aliphatic heterocycles. The van der Waals surface area contributed by atoms with Crippen LogP contribution >= 0.6 is 0 Å². The number of hydrogen-bond donors (Lipinski definition) is 0. The Hall–Kier alpha value is -3.03. The van der Waals surface area contributed by atoms with Gasteiger partial charge in [-0.3, -0.25) is 4.79 Å². The van der Waals surface area contributed by atoms with Gasteiger partial charge in [-0.1, -0.05) is 17.7 Å². The average Bonchev–Trinajstić information content (AvgIpc) is 2.71. The summed E-state index contributed by atoms with van der Waals surface area (Å²) in [4.78, 5) is 27.5. The number of methoxy groups -OCH3 is 1. The first-order valence-corrected chi connectivity index (χ1v) is 9.11. The van der Waals surface area contributed by atoms with Gasteiger partial charge < -0.3 is 14.5 Å². The Kier molecular flexibility index (Phi) is 5.81. The molecule has 0 unspecified atom stereocenters. The monoisotopic (exact) mass is 406 g/mol. The van der Waals surface area contributed by atoms with Crippen molar-refractivity contribution in [1.29, 1.82) is 0 Å². The summed E-state index contributed by atoms with van der Waals surface area (Å²) in [5, 5.41) is 0. The zero-order chi connectivity index (χ0) is 21.2. The molecule has 1 saturated heterocycles. The van der Waals surface area contributed by atoms with Crippen LogP contribution in [-0.4, -0.2) is 50.1 Å². The smallest absolute Gasteiger partial charge is 0.418 e. The van der Waals surface area contributed by atoms with Crippen molar-refractivity contribution < 1.29 is 27.5 Å². The van der Waals surface area contributed by atoms with E-state index in [0.717, 1.165) is 18.7 Å². The van der Waals surface area contributed by atoms with Crippen LogP contribution in [-0.2, 0) is 10.9 Å². The molecule has 1 amide bonds. The number of benzene rings is 2. The number of aryl methyl sites for hydroxylation is 1. The molecule has 29 heavy (non-hydrogen) atoms. The zero-order valence-electron chi connectivity index (χ0n) is 16.1. The number of piperazine rings is 1. The van der Waals surface area contributed by atoms with Crippen LogP contribution in [0.2, 0.25) is 0 Å². The van der Waals surface area contributed by atoms with Gasteiger partial charge in [0, 0.05) is 37.4 Å². The average molecular weight is 406 g/mol. The zero-order valence-corrected chi connectivity index (χ0v) is 16.1. The Balaban J connectivity index is 1.78. The Labute approximate surface area is 166 Å². The summed E-state index contributed by atoms with van der Waals surface area (Å²) in [5.41, 5.74) is 0.482. The lowest BCUT2D eigenvalue weighted by Crippen LogP contribution is -2.49. The number of esters is 1. The maximum atomic E-state index is 13.6. The maximum absolute atomic E-state index is 13.6. The minimum atomic E-state index is -4.62. The molecule has 0 aromatic heterocycles. The van der Waals surface area contributed by atoms with E-state index in [9.17, 15) is 22.8 Å². The molecular weight excluding hydrogens is 385 g/mol. The van der Waals surface area contributed by atoms with Gasteiger partial charge in [0.15, 0.2) is 0 Å². The first kappa shape index (κ1) is 20.7. The van der Waals surface area contributed by atoms with Crippen molar-refractivity contribution in [3.63, 3.8) is 0 Å². The van der Waals surface area contributed by atoms with Crippen molar-refractivity contribution in [2.45, 2.75) is 13.1 Å². The third kappa shape index (κ3) is 4.52. The summed E-state index contributed by atoms with van der Waals surface area (Å²) >= 11 is 0. The molecule has 1 fully saturated rings. The third-order valence-electron chi connectivity index (χ3n) is 4.90. The van der Waals surface area contributed by atoms with Crippen molar-refractivity contribution in [1.82, 2.24) is 4.90 Å². The summed E-state index contributed by atoms with van der Waals surface area (Å²) in [6.45, 7) is 3.04. The van der Waals surface area contributed by atoms with E-state index in [-0.39, 0.29) is 30.2 Å². The highest BCUT2D eigenvalue weighted by Crippen LogP contribution is 2.37. The number of alkyl halides is 3. The summed E-state index contributed by atoms with van der Waals surface area (Å²) in [7, 11) is 1.12. The first-order valence-electron chi connectivity index (χ1n) is 9.11. The number of amides is 1. The number of nitrogens with zero attached hydrogens (tertiary/aromatic N) is 2. The number of ether oxygens (including phenoxy) is 1. The highest BCUT2D eigenvalue weighted by molar-refractivity contribution is 5.94. The standard InChI is InChI=1S/C21H21F3N2O3/c1-14-4-3-5-15(12-14)19(27)26-10-8-25(9-11-26)18-7-6-16(20(28)29-2)13-17(18)21(22,23)24/h3-7,12-13H,8-11H2,1-2H3. The Bertz CT molecular complexity index is 920. The van der Waals surface area contributed by atoms with Gasteiger partial charge in [0.05, 0.1) is 18.2 Å². The quantitative estimate of drug-likeness (QED) is 0.729. The molecule has 0 N–H and O–H groups in total. The Morgan fingerprint density at radius 1 is 0.966 bits per heavy atom. The van der Waals surface area contributed by atoms with Gasteiger partial charge >= 0.3 is 12.1 Å². The van der Waals surface area contributed by atoms with Crippen LogP contribution in [0.4, 0.5) is 18.9 Å². The van der Waals surface area contributed by atoms with Gasteiger partial charge in [-0.15, -0.1) is 0 Å². The van der Waals surface area contributed by atoms with E-state index in [0.29, 0.717) is 18.7 Å². The van der Waals surface area contributed by atoms with Gasteiger partial charge in [-0.05, 0) is 37.3 Å². The lowest BCUT2D eigenvalue weighted by molar-refractivity contribution is -0.137. The summed E-state index contributed by atoms with van der Waals surface area (Å²) in [6.07, 6.45) is -4.62. The lowest BCUT2D eigenvalue weighted by Gasteiger charge is -2.37. The highest BCUT2D eigenvalue weighted by Gasteiger charge is 2.36. The molecule has 0 atom stereocenters. The fraction of sp³-hybridized carbons (Fsp3) is 0.333. The second-order valence-electron chi connectivity index (χ2n) is 6.87. The number of halogens is 3. The third-order valence-corrected chi connectivity index (χ3v) is 4.90. The molecule has 2 aromatic carbocycles. The minimum absolute atomic E-state index is 0.00666. The number of hydrogen-bond acceptors (Lipinski definition) is 4. The predicted molar refractivity (Wildman–Crippen MR) is 102 cm³/mol. The Morgan fingerprint density at radius 2 is 1.66 bits per heavy atom. The molecule has 0 spiro atoms. The molecule has 8 heteroatoms. The Morgan fingerprint density at radius 3 is 2.24 bits per heavy atom. The van der Waals surface area contributed by atoms with Crippen molar-refractivity contribution >= 4 is 17.6 Å². The molecule has 0 saturated carbocycles. The number of anilines is 1. The molecule has 1 aliphatic rings. The molecule has 0 bridgehead atoms. The second-order valence-corrected chi connectivity index (χ2v) is 6.87. The van der Waals surface area contributed by atoms with E-state index in [1.807, 2.05) is 13.0 Å². The molecule has 0 radical (unpaired) electrons. The molecule has 5 nitrogen and oxygen atoms in total. The van der Waals surface area contributed by atoms with E-state index in [1.54, 1.807) is 28.0 Å². The topological polar surface area (TPSA) is 49.9 Å². The molecule has 2 aromatic rings. The van der Waals surface area contributed by atoms with E-state index in [2.05, 4.69) is 4.74 Å². The molecular formula is C21H21F3N2O3. The van der Waals surface area contributed by atoms with Crippen LogP contribution in [0.3, 0.4) is 0 Å². The summed E-state index contributed by atoms with van der Waals surface area (Å²) < 4.78 is 45.2. The fourth-order valence-electron chi connectivity index (χ4n) is 3.39. The largest absolute Gasteiger partial charge is 0.465 e. The summed E-state index contributed by atoms with van der Waals surface area (Å²) in [5.74, 6) is -0.957. The number of rotatable bonds is 3. The van der Waals surface area contributed by atoms with Crippen LogP contribution in [0, 0.1) is 6.92 Å². The van der Waals surface area contributed by atoms with Crippen molar-refractivity contribution in [2.75, 3.05) is 38.2 Å². The number of carbonyl (C=O) groups is 2. The highest BCUT2D eigenvalue weighted by atomic mass is 19.4. The summed E-state index contributed by atoms with van der Waals surface area (Å²) in [6, 6.07) is 10.6. The van der Waals surface area contributed by atoms with E-state index in [4.69, 9.17) is 0 Å². The van der Waals surface area contributed by atoms with Crippen molar-refractivity contribution in [2.24, 2.45) is 0 Å². The first-order chi connectivity index (χ1) is 13.7. The van der Waals surface area contributed by atoms with Crippen LogP contribution in [0.5, 0.6) is 0 Å². The number of carbonyl (C=O) groups excluding carboxylic acids is 2. The van der Waals surface area contributed by atoms with Gasteiger partial charge in [0.25, 0.3) is 5.91 Å². The lowest BCUT2D eigenvalue weighted by atomic mass is 10.1. The predicted octanol–water partition coefficient (Wildman–Crippen LogP) is 3.76. The normalized spacial score (nSPS) is 14.7. The van der Waals surface area contributed by atoms with Gasteiger partial charge in [0.2, 0.25) is 0 Å². The second kappa shape index (κ2) is 8.14. The molecule has 154 valence electrons. The minimum Gasteiger partial charge on any atom is -0.465 e. The van der Waals surface area contributed by atoms with Crippen LogP contribution in [0.15, 0.2) is 42.5 Å².